The average molecular weight is 564 g/mol. The molecule has 5 rings (SSSR count). The number of hydrogen-bond acceptors (Lipinski definition) is 6. The van der Waals surface area contributed by atoms with Gasteiger partial charge in [-0.25, -0.2) is 0 Å². The smallest absolute Gasteiger partial charge is 0.261 e. The summed E-state index contributed by atoms with van der Waals surface area (Å²) in [6.45, 7) is 0.0516. The number of nitrogens with one attached hydrogen (secondary N) is 2. The fraction of sp³-hybridized carbons (Fsp3) is 0.152. The van der Waals surface area contributed by atoms with Crippen LogP contribution in [0, 0.1) is 0 Å². The predicted molar refractivity (Wildman–Crippen MR) is 156 cm³/mol. The van der Waals surface area contributed by atoms with Crippen molar-refractivity contribution in [3.05, 3.63) is 126 Å². The van der Waals surface area contributed by atoms with Gasteiger partial charge in [0, 0.05) is 18.7 Å². The van der Waals surface area contributed by atoms with Crippen LogP contribution in [0.15, 0.2) is 109 Å². The summed E-state index contributed by atoms with van der Waals surface area (Å²) in [4.78, 5) is 52.4. The summed E-state index contributed by atoms with van der Waals surface area (Å²) in [6.07, 6.45) is -0.167. The Bertz CT molecular complexity index is 1520. The van der Waals surface area contributed by atoms with Gasteiger partial charge in [0.1, 0.15) is 17.5 Å². The van der Waals surface area contributed by atoms with Gasteiger partial charge in [-0.2, -0.15) is 0 Å². The molecule has 42 heavy (non-hydrogen) atoms. The predicted octanol–water partition coefficient (Wildman–Crippen LogP) is 4.81. The summed E-state index contributed by atoms with van der Waals surface area (Å²) in [5, 5.41) is 5.49. The molecule has 0 saturated heterocycles. The number of anilines is 1. The number of rotatable bonds is 12. The van der Waals surface area contributed by atoms with Crippen molar-refractivity contribution in [1.29, 1.82) is 0 Å². The van der Waals surface area contributed by atoms with E-state index in [-0.39, 0.29) is 26.2 Å². The molecule has 2 N–H and O–H groups in total. The van der Waals surface area contributed by atoms with E-state index < -0.39 is 29.7 Å². The van der Waals surface area contributed by atoms with Crippen LogP contribution in [-0.4, -0.2) is 47.7 Å². The first-order valence-corrected chi connectivity index (χ1v) is 13.5. The first kappa shape index (κ1) is 28.3. The minimum Gasteiger partial charge on any atom is -0.457 e. The minimum absolute atomic E-state index is 0.0886. The Morgan fingerprint density at radius 1 is 0.714 bits per heavy atom. The Labute approximate surface area is 243 Å². The number of carbonyl (C=O) groups is 4. The highest BCUT2D eigenvalue weighted by Gasteiger charge is 2.35. The van der Waals surface area contributed by atoms with Crippen LogP contribution in [0.5, 0.6) is 11.5 Å². The zero-order chi connectivity index (χ0) is 29.3. The van der Waals surface area contributed by atoms with E-state index in [2.05, 4.69) is 10.6 Å². The number of imide groups is 1. The summed E-state index contributed by atoms with van der Waals surface area (Å²) in [7, 11) is 0. The van der Waals surface area contributed by atoms with Crippen molar-refractivity contribution in [2.75, 3.05) is 18.5 Å². The van der Waals surface area contributed by atoms with Crippen molar-refractivity contribution in [2.24, 2.45) is 0 Å². The summed E-state index contributed by atoms with van der Waals surface area (Å²) in [5.74, 6) is -0.570. The van der Waals surface area contributed by atoms with Crippen molar-refractivity contribution >= 4 is 29.3 Å². The van der Waals surface area contributed by atoms with E-state index in [4.69, 9.17) is 9.47 Å². The number of para-hydroxylation sites is 1. The van der Waals surface area contributed by atoms with Crippen LogP contribution in [0.25, 0.3) is 0 Å². The van der Waals surface area contributed by atoms with Gasteiger partial charge in [0.05, 0.1) is 24.3 Å². The third kappa shape index (κ3) is 7.07. The molecule has 212 valence electrons. The SMILES string of the molecule is O=C(CCN1C(=O)c2ccccc2C1=O)NC(COCc1ccccc1)C(=O)Nc1ccc(Oc2ccccc2)cc1. The molecule has 1 unspecified atom stereocenters. The number of amides is 4. The summed E-state index contributed by atoms with van der Waals surface area (Å²) < 4.78 is 11.6. The first-order chi connectivity index (χ1) is 20.5. The molecule has 0 bridgehead atoms. The maximum absolute atomic E-state index is 13.2. The van der Waals surface area contributed by atoms with E-state index in [1.54, 1.807) is 48.5 Å². The average Bonchev–Trinajstić information content (AvgIpc) is 3.26. The fourth-order valence-electron chi connectivity index (χ4n) is 4.43. The Balaban J connectivity index is 1.20. The van der Waals surface area contributed by atoms with E-state index >= 15 is 0 Å². The van der Waals surface area contributed by atoms with E-state index in [1.807, 2.05) is 60.7 Å². The first-order valence-electron chi connectivity index (χ1n) is 13.5. The second kappa shape index (κ2) is 13.4. The van der Waals surface area contributed by atoms with Crippen LogP contribution >= 0.6 is 0 Å². The zero-order valence-electron chi connectivity index (χ0n) is 22.7. The van der Waals surface area contributed by atoms with E-state index in [9.17, 15) is 19.2 Å². The second-order valence-electron chi connectivity index (χ2n) is 9.61. The molecule has 1 aliphatic heterocycles. The molecule has 9 nitrogen and oxygen atoms in total. The molecule has 4 aromatic rings. The lowest BCUT2D eigenvalue weighted by Crippen LogP contribution is -2.47. The van der Waals surface area contributed by atoms with Gasteiger partial charge < -0.3 is 20.1 Å². The van der Waals surface area contributed by atoms with E-state index in [0.29, 0.717) is 28.3 Å². The number of carbonyl (C=O) groups excluding carboxylic acids is 4. The number of ether oxygens (including phenoxy) is 2. The lowest BCUT2D eigenvalue weighted by atomic mass is 10.1. The standard InChI is InChI=1S/C33H29N3O6/c37-30(19-20-36-32(39)27-13-7-8-14-28(27)33(36)40)35-29(22-41-21-23-9-3-1-4-10-23)31(38)34-24-15-17-26(18-16-24)42-25-11-5-2-6-12-25/h1-18,29H,19-22H2,(H,34,38)(H,35,37). The molecule has 1 atom stereocenters. The molecule has 0 spiro atoms. The van der Waals surface area contributed by atoms with Gasteiger partial charge in [0.25, 0.3) is 11.8 Å². The molecule has 0 aliphatic carbocycles. The molecule has 0 radical (unpaired) electrons. The van der Waals surface area contributed by atoms with Crippen LogP contribution in [0.3, 0.4) is 0 Å². The molecule has 4 amide bonds. The van der Waals surface area contributed by atoms with Crippen LogP contribution in [0.1, 0.15) is 32.7 Å². The summed E-state index contributed by atoms with van der Waals surface area (Å²) in [5.41, 5.74) is 2.06. The summed E-state index contributed by atoms with van der Waals surface area (Å²) >= 11 is 0. The Morgan fingerprint density at radius 3 is 1.93 bits per heavy atom. The highest BCUT2D eigenvalue weighted by molar-refractivity contribution is 6.21. The van der Waals surface area contributed by atoms with E-state index in [0.717, 1.165) is 10.5 Å². The van der Waals surface area contributed by atoms with Crippen molar-refractivity contribution in [3.63, 3.8) is 0 Å². The lowest BCUT2D eigenvalue weighted by Gasteiger charge is -2.20. The Morgan fingerprint density at radius 2 is 1.29 bits per heavy atom. The van der Waals surface area contributed by atoms with Crippen LogP contribution in [0.2, 0.25) is 0 Å². The number of benzene rings is 4. The number of fused-ring (bicyclic) bond motifs is 1. The van der Waals surface area contributed by atoms with Gasteiger partial charge in [-0.05, 0) is 54.1 Å². The van der Waals surface area contributed by atoms with Gasteiger partial charge >= 0.3 is 0 Å². The largest absolute Gasteiger partial charge is 0.457 e. The molecule has 4 aromatic carbocycles. The van der Waals surface area contributed by atoms with Crippen LogP contribution < -0.4 is 15.4 Å². The van der Waals surface area contributed by atoms with Gasteiger partial charge in [0.15, 0.2) is 0 Å². The van der Waals surface area contributed by atoms with Gasteiger partial charge in [-0.1, -0.05) is 60.7 Å². The summed E-state index contributed by atoms with van der Waals surface area (Å²) in [6, 6.07) is 31.1. The quantitative estimate of drug-likeness (QED) is 0.239. The number of nitrogens with zero attached hydrogens (tertiary/aromatic N) is 1. The maximum atomic E-state index is 13.2. The van der Waals surface area contributed by atoms with Crippen molar-refractivity contribution in [3.8, 4) is 11.5 Å². The minimum atomic E-state index is -1.02. The van der Waals surface area contributed by atoms with Crippen molar-refractivity contribution in [2.45, 2.75) is 19.1 Å². The normalized spacial score (nSPS) is 12.9. The monoisotopic (exact) mass is 563 g/mol. The van der Waals surface area contributed by atoms with Crippen LogP contribution in [0.4, 0.5) is 5.69 Å². The third-order valence-electron chi connectivity index (χ3n) is 6.59. The van der Waals surface area contributed by atoms with E-state index in [1.165, 1.54) is 0 Å². The van der Waals surface area contributed by atoms with Gasteiger partial charge in [0.2, 0.25) is 11.8 Å². The van der Waals surface area contributed by atoms with Gasteiger partial charge in [-0.15, -0.1) is 0 Å². The molecule has 0 fully saturated rings. The zero-order valence-corrected chi connectivity index (χ0v) is 22.7. The van der Waals surface area contributed by atoms with Crippen molar-refractivity contribution < 1.29 is 28.7 Å². The number of hydrogen-bond donors (Lipinski definition) is 2. The van der Waals surface area contributed by atoms with Crippen LogP contribution in [-0.2, 0) is 20.9 Å². The van der Waals surface area contributed by atoms with Gasteiger partial charge in [-0.3, -0.25) is 24.1 Å². The maximum Gasteiger partial charge on any atom is 0.261 e. The molecule has 0 saturated carbocycles. The fourth-order valence-corrected chi connectivity index (χ4v) is 4.43. The highest BCUT2D eigenvalue weighted by Crippen LogP contribution is 2.24. The van der Waals surface area contributed by atoms with Crippen molar-refractivity contribution in [1.82, 2.24) is 10.2 Å². The molecule has 1 aliphatic rings. The molecule has 9 heteroatoms. The third-order valence-corrected chi connectivity index (χ3v) is 6.59. The Kier molecular flexibility index (Phi) is 9.00. The lowest BCUT2D eigenvalue weighted by molar-refractivity contribution is -0.128. The highest BCUT2D eigenvalue weighted by atomic mass is 16.5. The molecular formula is C33H29N3O6. The topological polar surface area (TPSA) is 114 Å². The second-order valence-corrected chi connectivity index (χ2v) is 9.61. The molecule has 1 heterocycles. The molecule has 0 aromatic heterocycles. The Hall–Kier alpha value is -5.28. The molecular weight excluding hydrogens is 534 g/mol.